The van der Waals surface area contributed by atoms with Gasteiger partial charge in [0.05, 0.1) is 9.79 Å². The third-order valence-electron chi connectivity index (χ3n) is 4.48. The molecule has 142 valence electrons. The predicted molar refractivity (Wildman–Crippen MR) is 102 cm³/mol. The molecule has 6 nitrogen and oxygen atoms in total. The summed E-state index contributed by atoms with van der Waals surface area (Å²) in [6.45, 7) is 7.25. The molecule has 0 fully saturated rings. The van der Waals surface area contributed by atoms with Crippen molar-refractivity contribution in [3.8, 4) is 0 Å². The fourth-order valence-electron chi connectivity index (χ4n) is 3.07. The summed E-state index contributed by atoms with van der Waals surface area (Å²) in [5, 5.41) is 5.10. The van der Waals surface area contributed by atoms with Crippen LogP contribution in [0.2, 0.25) is 0 Å². The van der Waals surface area contributed by atoms with Crippen molar-refractivity contribution in [3.63, 3.8) is 0 Å². The van der Waals surface area contributed by atoms with Gasteiger partial charge in [0.15, 0.2) is 0 Å². The van der Waals surface area contributed by atoms with E-state index in [1.54, 1.807) is 32.9 Å². The fourth-order valence-corrected chi connectivity index (χ4v) is 5.34. The first kappa shape index (κ1) is 20.6. The molecular formula is C18H24N2O4S2. The molecule has 0 saturated heterocycles. The number of primary sulfonamides is 1. The van der Waals surface area contributed by atoms with Gasteiger partial charge < -0.3 is 0 Å². The molecule has 2 rings (SSSR count). The quantitative estimate of drug-likeness (QED) is 0.840. The van der Waals surface area contributed by atoms with E-state index in [9.17, 15) is 16.8 Å². The third-order valence-corrected chi connectivity index (χ3v) is 7.64. The van der Waals surface area contributed by atoms with Gasteiger partial charge in [-0.3, -0.25) is 0 Å². The molecule has 0 unspecified atom stereocenters. The zero-order chi connectivity index (χ0) is 19.9. The Balaban J connectivity index is 2.43. The highest BCUT2D eigenvalue weighted by atomic mass is 32.2. The van der Waals surface area contributed by atoms with Gasteiger partial charge in [0.1, 0.15) is 0 Å². The smallest absolute Gasteiger partial charge is 0.225 e. The Kier molecular flexibility index (Phi) is 5.63. The molecule has 0 spiro atoms. The average molecular weight is 397 g/mol. The summed E-state index contributed by atoms with van der Waals surface area (Å²) in [6.07, 6.45) is 0. The Hall–Kier alpha value is -1.74. The summed E-state index contributed by atoms with van der Waals surface area (Å²) < 4.78 is 50.3. The molecule has 2 aromatic carbocycles. The Bertz CT molecular complexity index is 1000. The molecule has 0 aliphatic carbocycles. The second-order valence-electron chi connectivity index (χ2n) is 6.54. The molecule has 0 amide bonds. The molecule has 26 heavy (non-hydrogen) atoms. The van der Waals surface area contributed by atoms with Gasteiger partial charge in [0, 0.05) is 13.1 Å². The van der Waals surface area contributed by atoms with Crippen molar-refractivity contribution in [1.82, 2.24) is 4.31 Å². The number of hydrogen-bond acceptors (Lipinski definition) is 4. The highest BCUT2D eigenvalue weighted by Crippen LogP contribution is 2.30. The molecule has 0 bridgehead atoms. The van der Waals surface area contributed by atoms with Crippen molar-refractivity contribution in [2.24, 2.45) is 5.14 Å². The number of nitrogens with two attached hydrogens (primary N) is 1. The number of benzene rings is 2. The molecule has 0 aromatic heterocycles. The van der Waals surface area contributed by atoms with E-state index in [2.05, 4.69) is 0 Å². The van der Waals surface area contributed by atoms with Crippen molar-refractivity contribution >= 4 is 20.0 Å². The van der Waals surface area contributed by atoms with E-state index >= 15 is 0 Å². The molecule has 8 heteroatoms. The monoisotopic (exact) mass is 396 g/mol. The SMILES string of the molecule is Cc1cc(C)c(S(=O)(=O)N(C)[C@@H](C)c2ccc(S(N)(=O)=O)cc2)c(C)c1. The van der Waals surface area contributed by atoms with E-state index in [-0.39, 0.29) is 4.90 Å². The second kappa shape index (κ2) is 7.11. The minimum Gasteiger partial charge on any atom is -0.225 e. The van der Waals surface area contributed by atoms with Crippen molar-refractivity contribution in [3.05, 3.63) is 58.7 Å². The summed E-state index contributed by atoms with van der Waals surface area (Å²) in [5.74, 6) is 0. The lowest BCUT2D eigenvalue weighted by molar-refractivity contribution is 0.397. The van der Waals surface area contributed by atoms with Crippen molar-refractivity contribution in [2.45, 2.75) is 43.5 Å². The highest BCUT2D eigenvalue weighted by molar-refractivity contribution is 7.89. The Morgan fingerprint density at radius 3 is 1.81 bits per heavy atom. The maximum absolute atomic E-state index is 13.1. The maximum atomic E-state index is 13.1. The summed E-state index contributed by atoms with van der Waals surface area (Å²) in [5.41, 5.74) is 3.08. The van der Waals surface area contributed by atoms with Gasteiger partial charge in [-0.2, -0.15) is 4.31 Å². The normalized spacial score (nSPS) is 13.8. The number of hydrogen-bond donors (Lipinski definition) is 1. The van der Waals surface area contributed by atoms with Gasteiger partial charge in [-0.15, -0.1) is 0 Å². The summed E-state index contributed by atoms with van der Waals surface area (Å²) >= 11 is 0. The van der Waals surface area contributed by atoms with E-state index in [1.807, 2.05) is 19.1 Å². The van der Waals surface area contributed by atoms with Crippen molar-refractivity contribution in [1.29, 1.82) is 0 Å². The molecule has 2 N–H and O–H groups in total. The molecule has 0 heterocycles. The first-order valence-corrected chi connectivity index (χ1v) is 11.0. The number of rotatable bonds is 5. The molecule has 0 radical (unpaired) electrons. The standard InChI is InChI=1S/C18H24N2O4S2/c1-12-10-13(2)18(14(3)11-12)26(23,24)20(5)15(4)16-6-8-17(9-7-16)25(19,21)22/h6-11,15H,1-5H3,(H2,19,21,22)/t15-/m0/s1. The molecule has 0 aliphatic heterocycles. The van der Waals surface area contributed by atoms with Gasteiger partial charge >= 0.3 is 0 Å². The van der Waals surface area contributed by atoms with Gasteiger partial charge in [-0.05, 0) is 56.5 Å². The minimum absolute atomic E-state index is 0.0100. The Morgan fingerprint density at radius 1 is 0.923 bits per heavy atom. The van der Waals surface area contributed by atoms with Crippen molar-refractivity contribution in [2.75, 3.05) is 7.05 Å². The predicted octanol–water partition coefficient (Wildman–Crippen LogP) is 2.64. The summed E-state index contributed by atoms with van der Waals surface area (Å²) in [6, 6.07) is 9.12. The fraction of sp³-hybridized carbons (Fsp3) is 0.333. The van der Waals surface area contributed by atoms with E-state index in [4.69, 9.17) is 5.14 Å². The largest absolute Gasteiger partial charge is 0.243 e. The number of nitrogens with zero attached hydrogens (tertiary/aromatic N) is 1. The maximum Gasteiger partial charge on any atom is 0.243 e. The zero-order valence-electron chi connectivity index (χ0n) is 15.5. The summed E-state index contributed by atoms with van der Waals surface area (Å²) in [7, 11) is -5.98. The van der Waals surface area contributed by atoms with Crippen LogP contribution in [0.25, 0.3) is 0 Å². The first-order chi connectivity index (χ1) is 11.9. The van der Waals surface area contributed by atoms with E-state index in [0.29, 0.717) is 21.6 Å². The number of sulfonamides is 2. The minimum atomic E-state index is -3.78. The topological polar surface area (TPSA) is 97.5 Å². The van der Waals surface area contributed by atoms with E-state index in [0.717, 1.165) is 5.56 Å². The van der Waals surface area contributed by atoms with E-state index in [1.165, 1.54) is 23.5 Å². The molecule has 0 aliphatic rings. The molecular weight excluding hydrogens is 372 g/mol. The van der Waals surface area contributed by atoms with Gasteiger partial charge in [0.2, 0.25) is 20.0 Å². The lowest BCUT2D eigenvalue weighted by atomic mass is 10.1. The van der Waals surface area contributed by atoms with Gasteiger partial charge in [-0.25, -0.2) is 22.0 Å². The lowest BCUT2D eigenvalue weighted by Crippen LogP contribution is -2.31. The first-order valence-electron chi connectivity index (χ1n) is 8.04. The Morgan fingerprint density at radius 2 is 1.38 bits per heavy atom. The van der Waals surface area contributed by atoms with Crippen LogP contribution in [0.3, 0.4) is 0 Å². The van der Waals surface area contributed by atoms with Crippen LogP contribution < -0.4 is 5.14 Å². The average Bonchev–Trinajstić information content (AvgIpc) is 2.51. The number of aryl methyl sites for hydroxylation is 3. The summed E-state index contributed by atoms with van der Waals surface area (Å²) in [4.78, 5) is 0.294. The van der Waals surface area contributed by atoms with Crippen LogP contribution in [0.4, 0.5) is 0 Å². The van der Waals surface area contributed by atoms with Crippen LogP contribution in [0.5, 0.6) is 0 Å². The van der Waals surface area contributed by atoms with Gasteiger partial charge in [-0.1, -0.05) is 29.8 Å². The van der Waals surface area contributed by atoms with Crippen molar-refractivity contribution < 1.29 is 16.8 Å². The van der Waals surface area contributed by atoms with Crippen LogP contribution in [-0.2, 0) is 20.0 Å². The van der Waals surface area contributed by atoms with Crippen LogP contribution in [0.15, 0.2) is 46.2 Å². The third kappa shape index (κ3) is 3.98. The highest BCUT2D eigenvalue weighted by Gasteiger charge is 2.29. The zero-order valence-corrected chi connectivity index (χ0v) is 17.1. The lowest BCUT2D eigenvalue weighted by Gasteiger charge is -2.26. The van der Waals surface area contributed by atoms with Crippen LogP contribution >= 0.6 is 0 Å². The van der Waals surface area contributed by atoms with Crippen LogP contribution in [-0.4, -0.2) is 28.2 Å². The van der Waals surface area contributed by atoms with Crippen LogP contribution in [0.1, 0.15) is 35.2 Å². The Labute approximate surface area is 155 Å². The second-order valence-corrected chi connectivity index (χ2v) is 10.0. The molecule has 0 saturated carbocycles. The van der Waals surface area contributed by atoms with E-state index < -0.39 is 26.1 Å². The molecule has 1 atom stereocenters. The van der Waals surface area contributed by atoms with Crippen LogP contribution in [0, 0.1) is 20.8 Å². The van der Waals surface area contributed by atoms with Gasteiger partial charge in [0.25, 0.3) is 0 Å². The molecule has 2 aromatic rings.